The van der Waals surface area contributed by atoms with Gasteiger partial charge in [0.15, 0.2) is 0 Å². The minimum absolute atomic E-state index is 0.105. The van der Waals surface area contributed by atoms with E-state index >= 15 is 0 Å². The number of nitro benzene ring substituents is 1. The molecule has 1 aliphatic heterocycles. The number of aromatic nitrogens is 2. The zero-order chi connectivity index (χ0) is 17.4. The number of rotatable bonds is 4. The summed E-state index contributed by atoms with van der Waals surface area (Å²) in [4.78, 5) is 10.8. The number of ether oxygens (including phenoxy) is 3. The van der Waals surface area contributed by atoms with Gasteiger partial charge in [0.25, 0.3) is 0 Å². The molecule has 25 heavy (non-hydrogen) atoms. The van der Waals surface area contributed by atoms with E-state index in [2.05, 4.69) is 7.96 Å². The van der Waals surface area contributed by atoms with Crippen LogP contribution >= 0.6 is 0 Å². The number of nitrogens with zero attached hydrogens (tertiary/aromatic N) is 3. The van der Waals surface area contributed by atoms with Crippen molar-refractivity contribution in [3.63, 3.8) is 0 Å². The summed E-state index contributed by atoms with van der Waals surface area (Å²) in [7, 11) is 1.40. The summed E-state index contributed by atoms with van der Waals surface area (Å²) in [6.45, 7) is 0.195. The molecular weight excluding hydrogens is 393 g/mol. The van der Waals surface area contributed by atoms with Crippen molar-refractivity contribution in [3.05, 3.63) is 46.5 Å². The van der Waals surface area contributed by atoms with E-state index in [1.807, 2.05) is 18.2 Å². The predicted molar refractivity (Wildman–Crippen MR) is 89.2 cm³/mol. The van der Waals surface area contributed by atoms with Crippen LogP contribution in [0.4, 0.5) is 5.69 Å². The Morgan fingerprint density at radius 2 is 1.76 bits per heavy atom. The van der Waals surface area contributed by atoms with Crippen molar-refractivity contribution in [3.8, 4) is 39.8 Å². The topological polar surface area (TPSA) is 96.6 Å². The first kappa shape index (κ1) is 15.6. The minimum atomic E-state index is -0.472. The number of fused-ring (bicyclic) bond motifs is 1. The number of hydrogen-bond donors (Lipinski definition) is 0. The molecule has 2 heterocycles. The molecule has 126 valence electrons. The molecule has 4 rings (SSSR count). The molecule has 0 radical (unpaired) electrons. The average Bonchev–Trinajstić information content (AvgIpc) is 3.29. The van der Waals surface area contributed by atoms with E-state index < -0.39 is 4.92 Å². The van der Waals surface area contributed by atoms with Crippen molar-refractivity contribution in [1.29, 1.82) is 0 Å². The molecule has 0 saturated carbocycles. The summed E-state index contributed by atoms with van der Waals surface area (Å²) in [6.07, 6.45) is 0. The molecule has 9 heteroatoms. The van der Waals surface area contributed by atoms with E-state index in [4.69, 9.17) is 14.2 Å². The normalized spacial score (nSPS) is 12.2. The van der Waals surface area contributed by atoms with Crippen LogP contribution in [0.3, 0.4) is 0 Å². The van der Waals surface area contributed by atoms with Crippen LogP contribution in [0.5, 0.6) is 17.2 Å². The first-order chi connectivity index (χ1) is 12.2. The molecule has 0 fully saturated rings. The second-order valence-electron chi connectivity index (χ2n) is 5.17. The van der Waals surface area contributed by atoms with E-state index in [9.17, 15) is 10.1 Å². The molecule has 0 spiro atoms. The van der Waals surface area contributed by atoms with E-state index in [1.165, 1.54) is 13.2 Å². The molecule has 0 saturated heterocycles. The molecule has 0 atom stereocenters. The average molecular weight is 404 g/mol. The Balaban J connectivity index is 1.80. The SMILES string of the molecule is COc1ccc(-c2n[se]nc2-c2ccc3c(c2)OCO3)cc1[N+](=O)[O-]. The molecule has 0 aliphatic carbocycles. The summed E-state index contributed by atoms with van der Waals surface area (Å²) in [5.41, 5.74) is 2.68. The van der Waals surface area contributed by atoms with Crippen molar-refractivity contribution >= 4 is 20.6 Å². The van der Waals surface area contributed by atoms with Crippen molar-refractivity contribution in [2.75, 3.05) is 13.9 Å². The molecule has 8 nitrogen and oxygen atoms in total. The number of nitro groups is 1. The zero-order valence-corrected chi connectivity index (χ0v) is 14.7. The van der Waals surface area contributed by atoms with Crippen LogP contribution in [0.1, 0.15) is 0 Å². The third-order valence-electron chi connectivity index (χ3n) is 3.78. The number of benzene rings is 2. The molecule has 3 aromatic rings. The molecule has 2 aromatic carbocycles. The first-order valence-corrected chi connectivity index (χ1v) is 8.76. The van der Waals surface area contributed by atoms with E-state index in [0.717, 1.165) is 5.56 Å². The van der Waals surface area contributed by atoms with Gasteiger partial charge in [-0.1, -0.05) is 0 Å². The molecule has 1 aliphatic rings. The van der Waals surface area contributed by atoms with Gasteiger partial charge in [-0.15, -0.1) is 0 Å². The van der Waals surface area contributed by atoms with Crippen molar-refractivity contribution in [1.82, 2.24) is 7.96 Å². The Bertz CT molecular complexity index is 972. The third-order valence-corrected chi connectivity index (χ3v) is 4.89. The Morgan fingerprint density at radius 3 is 2.48 bits per heavy atom. The van der Waals surface area contributed by atoms with Gasteiger partial charge in [-0.05, 0) is 0 Å². The fraction of sp³-hybridized carbons (Fsp3) is 0.125. The quantitative estimate of drug-likeness (QED) is 0.375. The zero-order valence-electron chi connectivity index (χ0n) is 13.0. The van der Waals surface area contributed by atoms with Crippen molar-refractivity contribution in [2.45, 2.75) is 0 Å². The van der Waals surface area contributed by atoms with Gasteiger partial charge in [0.05, 0.1) is 0 Å². The molecular formula is C16H11N3O5Se. The maximum atomic E-state index is 11.3. The van der Waals surface area contributed by atoms with Gasteiger partial charge in [-0.25, -0.2) is 0 Å². The maximum absolute atomic E-state index is 11.3. The van der Waals surface area contributed by atoms with Crippen LogP contribution in [0, 0.1) is 10.1 Å². The summed E-state index contributed by atoms with van der Waals surface area (Å²) >= 11 is -0.296. The molecule has 0 amide bonds. The summed E-state index contributed by atoms with van der Waals surface area (Å²) < 4.78 is 24.7. The van der Waals surface area contributed by atoms with Gasteiger partial charge in [0.1, 0.15) is 0 Å². The summed E-state index contributed by atoms with van der Waals surface area (Å²) in [5.74, 6) is 1.55. The second-order valence-corrected chi connectivity index (χ2v) is 6.28. The molecule has 1 aromatic heterocycles. The van der Waals surface area contributed by atoms with Gasteiger partial charge < -0.3 is 0 Å². The van der Waals surface area contributed by atoms with E-state index in [0.29, 0.717) is 28.5 Å². The third kappa shape index (κ3) is 2.73. The van der Waals surface area contributed by atoms with Crippen LogP contribution in [0.15, 0.2) is 36.4 Å². The summed E-state index contributed by atoms with van der Waals surface area (Å²) in [6, 6.07) is 10.3. The Morgan fingerprint density at radius 1 is 1.08 bits per heavy atom. The fourth-order valence-electron chi connectivity index (χ4n) is 2.59. The van der Waals surface area contributed by atoms with Crippen molar-refractivity contribution in [2.24, 2.45) is 0 Å². The summed E-state index contributed by atoms with van der Waals surface area (Å²) in [5, 5.41) is 11.3. The Kier molecular flexibility index (Phi) is 3.87. The Hall–Kier alpha value is -2.90. The van der Waals surface area contributed by atoms with Gasteiger partial charge in [0, 0.05) is 0 Å². The number of hydrogen-bond acceptors (Lipinski definition) is 7. The van der Waals surface area contributed by atoms with Gasteiger partial charge >= 0.3 is 148 Å². The fourth-order valence-corrected chi connectivity index (χ4v) is 3.82. The molecule has 0 bridgehead atoms. The van der Waals surface area contributed by atoms with Crippen LogP contribution < -0.4 is 14.2 Å². The van der Waals surface area contributed by atoms with Gasteiger partial charge in [-0.2, -0.15) is 0 Å². The van der Waals surface area contributed by atoms with Crippen LogP contribution in [-0.2, 0) is 0 Å². The second kappa shape index (κ2) is 6.19. The standard InChI is InChI=1S/C16H11N3O5Se/c1-22-12-4-2-9(6-11(12)19(20)21)15-16(18-25-17-15)10-3-5-13-14(7-10)24-8-23-13/h2-7H,8H2,1H3. The van der Waals surface area contributed by atoms with E-state index in [-0.39, 0.29) is 33.2 Å². The molecule has 0 N–H and O–H groups in total. The van der Waals surface area contributed by atoms with Crippen LogP contribution in [0.25, 0.3) is 22.5 Å². The monoisotopic (exact) mass is 405 g/mol. The van der Waals surface area contributed by atoms with Gasteiger partial charge in [-0.3, -0.25) is 0 Å². The predicted octanol–water partition coefficient (Wildman–Crippen LogP) is 2.51. The van der Waals surface area contributed by atoms with Crippen molar-refractivity contribution < 1.29 is 19.1 Å². The van der Waals surface area contributed by atoms with Crippen LogP contribution in [0.2, 0.25) is 0 Å². The Labute approximate surface area is 148 Å². The number of methoxy groups -OCH3 is 1. The molecule has 0 unspecified atom stereocenters. The van der Waals surface area contributed by atoms with E-state index in [1.54, 1.807) is 12.1 Å². The first-order valence-electron chi connectivity index (χ1n) is 7.23. The van der Waals surface area contributed by atoms with Gasteiger partial charge in [0.2, 0.25) is 0 Å². The van der Waals surface area contributed by atoms with Crippen LogP contribution in [-0.4, -0.2) is 41.7 Å².